The van der Waals surface area contributed by atoms with Gasteiger partial charge in [-0.3, -0.25) is 43.3 Å². The molecule has 0 radical (unpaired) electrons. The van der Waals surface area contributed by atoms with Gasteiger partial charge in [-0.15, -0.1) is 0 Å². The Morgan fingerprint density at radius 1 is 0.762 bits per heavy atom. The van der Waals surface area contributed by atoms with Crippen LogP contribution in [0.2, 0.25) is 0 Å². The third-order valence-electron chi connectivity index (χ3n) is 16.0. The molecule has 1 saturated heterocycles. The average molecular weight is 1090 g/mol. The molecule has 3 aliphatic heterocycles. The van der Waals surface area contributed by atoms with Gasteiger partial charge in [0, 0.05) is 45.4 Å². The number of amides is 6. The first kappa shape index (κ1) is 55.4. The summed E-state index contributed by atoms with van der Waals surface area (Å²) in [6, 6.07) is 32.6. The summed E-state index contributed by atoms with van der Waals surface area (Å²) in [6.07, 6.45) is 3.67. The highest BCUT2D eigenvalue weighted by atomic mass is 16.5. The average Bonchev–Trinajstić information content (AvgIpc) is 4.16. The van der Waals surface area contributed by atoms with E-state index in [-0.39, 0.29) is 62.8 Å². The van der Waals surface area contributed by atoms with E-state index in [2.05, 4.69) is 40.2 Å². The molecule has 0 spiro atoms. The van der Waals surface area contributed by atoms with Crippen LogP contribution in [-0.4, -0.2) is 102 Å². The van der Waals surface area contributed by atoms with Gasteiger partial charge in [0.25, 0.3) is 0 Å². The number of nitrogens with two attached hydrogens (primary N) is 1. The maximum atomic E-state index is 14.5. The van der Waals surface area contributed by atoms with Crippen LogP contribution in [0.15, 0.2) is 114 Å². The minimum Gasteiger partial charge on any atom is -0.449 e. The Morgan fingerprint density at radius 2 is 1.44 bits per heavy atom. The normalized spacial score (nSPS) is 18.2. The van der Waals surface area contributed by atoms with Crippen molar-refractivity contribution in [3.63, 3.8) is 0 Å². The van der Waals surface area contributed by atoms with Crippen LogP contribution in [0.4, 0.5) is 10.5 Å². The lowest BCUT2D eigenvalue weighted by Gasteiger charge is -2.31. The van der Waals surface area contributed by atoms with Crippen LogP contribution in [0, 0.1) is 0 Å². The van der Waals surface area contributed by atoms with Crippen LogP contribution in [0.3, 0.4) is 0 Å². The maximum Gasteiger partial charge on any atom is 0.407 e. The zero-order valence-corrected chi connectivity index (χ0v) is 45.3. The zero-order chi connectivity index (χ0) is 55.9. The molecule has 418 valence electrons. The summed E-state index contributed by atoms with van der Waals surface area (Å²) in [6.45, 7) is 4.21. The Balaban J connectivity index is 0.659. The second-order valence-corrected chi connectivity index (χ2v) is 21.3. The van der Waals surface area contributed by atoms with Gasteiger partial charge in [0.1, 0.15) is 24.7 Å². The van der Waals surface area contributed by atoms with E-state index in [1.807, 2.05) is 91.9 Å². The number of fused-ring (bicyclic) bond motifs is 4. The van der Waals surface area contributed by atoms with E-state index >= 15 is 0 Å². The Morgan fingerprint density at radius 3 is 2.15 bits per heavy atom. The minimum atomic E-state index is -0.936. The molecule has 5 aromatic carbocycles. The molecule has 1 fully saturated rings. The molecule has 5 N–H and O–H groups in total. The van der Waals surface area contributed by atoms with Crippen LogP contribution in [0.25, 0.3) is 22.2 Å². The van der Waals surface area contributed by atoms with Gasteiger partial charge in [0.15, 0.2) is 0 Å². The highest BCUT2D eigenvalue weighted by Crippen LogP contribution is 2.45. The Hall–Kier alpha value is -7.93. The number of imide groups is 1. The molecule has 18 nitrogen and oxygen atoms in total. The van der Waals surface area contributed by atoms with E-state index in [0.717, 1.165) is 74.9 Å². The van der Waals surface area contributed by atoms with Crippen molar-refractivity contribution in [2.45, 2.75) is 120 Å². The van der Waals surface area contributed by atoms with Crippen molar-refractivity contribution in [3.8, 4) is 11.1 Å². The predicted molar refractivity (Wildman–Crippen MR) is 300 cm³/mol. The predicted octanol–water partition coefficient (Wildman–Crippen LogP) is 6.38. The number of carbonyl (C=O) groups excluding carboxylic acids is 6. The van der Waals surface area contributed by atoms with Gasteiger partial charge in [-0.25, -0.2) is 9.59 Å². The van der Waals surface area contributed by atoms with E-state index in [1.54, 1.807) is 11.6 Å². The Kier molecular flexibility index (Phi) is 17.3. The summed E-state index contributed by atoms with van der Waals surface area (Å²) in [4.78, 5) is 93.7. The fraction of sp³-hybridized carbons (Fsp3) is 0.403. The molecule has 0 bridgehead atoms. The second-order valence-electron chi connectivity index (χ2n) is 21.3. The van der Waals surface area contributed by atoms with Crippen LogP contribution < -0.4 is 32.3 Å². The van der Waals surface area contributed by atoms with Crippen molar-refractivity contribution in [3.05, 3.63) is 159 Å². The molecule has 4 aliphatic rings. The number of benzene rings is 5. The van der Waals surface area contributed by atoms with Crippen molar-refractivity contribution in [1.82, 2.24) is 25.1 Å². The number of aryl methyl sites for hydroxylation is 4. The number of hydrogen-bond donors (Lipinski definition) is 4. The smallest absolute Gasteiger partial charge is 0.407 e. The van der Waals surface area contributed by atoms with Gasteiger partial charge in [-0.1, -0.05) is 103 Å². The first-order chi connectivity index (χ1) is 38.8. The number of imidazole rings is 1. The third-order valence-corrected chi connectivity index (χ3v) is 16.0. The molecule has 5 atom stereocenters. The second kappa shape index (κ2) is 25.0. The van der Waals surface area contributed by atoms with Crippen LogP contribution in [0.1, 0.15) is 103 Å². The summed E-state index contributed by atoms with van der Waals surface area (Å²) >= 11 is 0. The molecule has 6 amide bonds. The number of alkyl carbamates (subject to hydrolysis) is 1. The molecule has 1 aliphatic carbocycles. The lowest BCUT2D eigenvalue weighted by molar-refractivity contribution is -0.135. The zero-order valence-electron chi connectivity index (χ0n) is 45.3. The standard InChI is InChI=1S/C62H69N7O11/c1-38(79-36-40-23-21-39(22-24-40)11-9-31-77-33-34-78-32-10-15-41-13-8-20-51-57(41)67(2)62(76)68(51)52-28-30-55(71)66-58(52)72)49(27-29-54(63)70)64-59(73)53-35-43-14-7-12-42-25-26-50(60(74)69(53)56(42)43)65-61(75)80-37-48-46-18-5-3-16-44(46)45-17-4-6-19-47(45)48/h3-8,12-14,16-24,38,48-50,52-53H,9-11,15,25-37H2,1-2H3,(H2,63,70)(H,64,73)(H,65,75)(H,66,71,72)/t38-,49+,50+,52?,53+/m1/s1. The van der Waals surface area contributed by atoms with E-state index in [0.29, 0.717) is 56.9 Å². The maximum absolute atomic E-state index is 14.5. The van der Waals surface area contributed by atoms with E-state index in [4.69, 9.17) is 24.7 Å². The molecule has 0 saturated carbocycles. The van der Waals surface area contributed by atoms with Crippen molar-refractivity contribution in [1.29, 1.82) is 0 Å². The van der Waals surface area contributed by atoms with Crippen molar-refractivity contribution in [2.24, 2.45) is 12.8 Å². The minimum absolute atomic E-state index is 0.0182. The van der Waals surface area contributed by atoms with Crippen molar-refractivity contribution in [2.75, 3.05) is 37.9 Å². The number of rotatable bonds is 24. The fourth-order valence-corrected chi connectivity index (χ4v) is 11.9. The summed E-state index contributed by atoms with van der Waals surface area (Å²) < 4.78 is 27.0. The number of para-hydroxylation sites is 2. The molecule has 18 heteroatoms. The monoisotopic (exact) mass is 1090 g/mol. The van der Waals surface area contributed by atoms with Gasteiger partial charge in [-0.05, 0) is 114 Å². The molecule has 4 heterocycles. The van der Waals surface area contributed by atoms with Gasteiger partial charge >= 0.3 is 11.8 Å². The van der Waals surface area contributed by atoms with Crippen LogP contribution in [-0.2, 0) is 82.3 Å². The van der Waals surface area contributed by atoms with E-state index < -0.39 is 60.0 Å². The highest BCUT2D eigenvalue weighted by Gasteiger charge is 2.45. The number of nitrogens with one attached hydrogen (secondary N) is 3. The number of anilines is 1. The number of nitrogens with zero attached hydrogens (tertiary/aromatic N) is 3. The van der Waals surface area contributed by atoms with Gasteiger partial charge in [0.05, 0.1) is 48.7 Å². The molecule has 10 rings (SSSR count). The number of piperidine rings is 1. The van der Waals surface area contributed by atoms with Gasteiger partial charge in [-0.2, -0.15) is 0 Å². The molecule has 6 aromatic rings. The summed E-state index contributed by atoms with van der Waals surface area (Å²) in [5.41, 5.74) is 16.7. The first-order valence-corrected chi connectivity index (χ1v) is 27.9. The SMILES string of the molecule is C[C@@H](OCc1ccc(CCCOCCOCCCc2cccc3c2n(C)c(=O)n3C2CCC(=O)NC2=O)cc1)[C@H](CCC(N)=O)NC(=O)[C@@H]1Cc2cccc3c2N1C(=O)[C@@H](NC(=O)OCC1c2ccccc2-c2ccccc21)CC3. The molecule has 80 heavy (non-hydrogen) atoms. The number of ether oxygens (including phenoxy) is 4. The molecule has 1 unspecified atom stereocenters. The van der Waals surface area contributed by atoms with Gasteiger partial charge in [0.2, 0.25) is 29.5 Å². The summed E-state index contributed by atoms with van der Waals surface area (Å²) in [5.74, 6) is -2.22. The molecular formula is C62H69N7O11. The highest BCUT2D eigenvalue weighted by molar-refractivity contribution is 6.07. The first-order valence-electron chi connectivity index (χ1n) is 27.9. The quantitative estimate of drug-likeness (QED) is 0.0384. The lowest BCUT2D eigenvalue weighted by Crippen LogP contribution is -2.56. The molecule has 1 aromatic heterocycles. The Labute approximate surface area is 464 Å². The number of aromatic nitrogens is 2. The largest absolute Gasteiger partial charge is 0.449 e. The number of carbonyl (C=O) groups is 6. The molecular weight excluding hydrogens is 1020 g/mol. The summed E-state index contributed by atoms with van der Waals surface area (Å²) in [5, 5.41) is 8.32. The van der Waals surface area contributed by atoms with Crippen molar-refractivity contribution < 1.29 is 47.7 Å². The van der Waals surface area contributed by atoms with Crippen molar-refractivity contribution >= 4 is 52.3 Å². The third kappa shape index (κ3) is 12.1. The van der Waals surface area contributed by atoms with E-state index in [9.17, 15) is 33.6 Å². The fourth-order valence-electron chi connectivity index (χ4n) is 11.9. The van der Waals surface area contributed by atoms with E-state index in [1.165, 1.54) is 9.47 Å². The lowest BCUT2D eigenvalue weighted by atomic mass is 9.98. The van der Waals surface area contributed by atoms with Crippen LogP contribution in [0.5, 0.6) is 0 Å². The van der Waals surface area contributed by atoms with Crippen LogP contribution >= 0.6 is 0 Å². The summed E-state index contributed by atoms with van der Waals surface area (Å²) in [7, 11) is 1.70. The number of hydrogen-bond acceptors (Lipinski definition) is 11. The number of primary amides is 1. The topological polar surface area (TPSA) is 232 Å². The van der Waals surface area contributed by atoms with Gasteiger partial charge < -0.3 is 35.3 Å². The Bertz CT molecular complexity index is 3310.